The molecule has 0 amide bonds. The molecule has 7 heteroatoms. The van der Waals surface area contributed by atoms with E-state index in [0.717, 1.165) is 5.57 Å². The van der Waals surface area contributed by atoms with Crippen molar-refractivity contribution in [2.24, 2.45) is 22.7 Å². The van der Waals surface area contributed by atoms with Crippen molar-refractivity contribution >= 4 is 5.78 Å². The van der Waals surface area contributed by atoms with Gasteiger partial charge in [0.2, 0.25) is 5.60 Å². The van der Waals surface area contributed by atoms with E-state index in [1.165, 1.54) is 0 Å². The molecule has 174 valence electrons. The molecule has 6 nitrogen and oxygen atoms in total. The number of aliphatic hydroxyl groups is 1. The largest absolute Gasteiger partial charge is 0.390 e. The van der Waals surface area contributed by atoms with Crippen LogP contribution in [-0.4, -0.2) is 52.9 Å². The van der Waals surface area contributed by atoms with E-state index >= 15 is 4.39 Å². The Hall–Kier alpha value is -1.33. The molecule has 2 aliphatic heterocycles. The summed E-state index contributed by atoms with van der Waals surface area (Å²) >= 11 is 0. The number of ether oxygens (including phenoxy) is 3. The first kappa shape index (κ1) is 21.2. The lowest BCUT2D eigenvalue weighted by molar-refractivity contribution is -0.247. The number of ketones is 1. The number of carbonyl (C=O) groups excluding carboxylic acids is 1. The van der Waals surface area contributed by atoms with E-state index in [2.05, 4.69) is 13.0 Å². The maximum Gasteiger partial charge on any atom is 0.209 e. The summed E-state index contributed by atoms with van der Waals surface area (Å²) in [6, 6.07) is 2.36. The summed E-state index contributed by atoms with van der Waals surface area (Å²) in [6.45, 7) is 6.21. The summed E-state index contributed by atoms with van der Waals surface area (Å²) < 4.78 is 36.0. The molecule has 1 N–H and O–H groups in total. The second-order valence-corrected chi connectivity index (χ2v) is 11.4. The minimum atomic E-state index is -1.82. The molecule has 0 aromatic carbocycles. The van der Waals surface area contributed by atoms with Crippen LogP contribution in [0.4, 0.5) is 4.39 Å². The Morgan fingerprint density at radius 1 is 1.31 bits per heavy atom. The third-order valence-corrected chi connectivity index (χ3v) is 10.4. The molecule has 4 aliphatic carbocycles. The van der Waals surface area contributed by atoms with Crippen LogP contribution in [0.15, 0.2) is 11.6 Å². The summed E-state index contributed by atoms with van der Waals surface area (Å²) in [5.41, 5.74) is -4.61. The number of hydrogen-bond donors (Lipinski definition) is 1. The quantitative estimate of drug-likeness (QED) is 0.655. The van der Waals surface area contributed by atoms with Gasteiger partial charge in [-0.05, 0) is 50.5 Å². The summed E-state index contributed by atoms with van der Waals surface area (Å²) in [7, 11) is 0. The van der Waals surface area contributed by atoms with Gasteiger partial charge < -0.3 is 19.3 Å². The van der Waals surface area contributed by atoms with Crippen LogP contribution in [-0.2, 0) is 19.0 Å². The van der Waals surface area contributed by atoms with E-state index in [0.29, 0.717) is 38.5 Å². The van der Waals surface area contributed by atoms with Gasteiger partial charge in [0.1, 0.15) is 17.3 Å². The number of allylic oxidation sites excluding steroid dienone is 1. The highest BCUT2D eigenvalue weighted by molar-refractivity contribution is 5.91. The van der Waals surface area contributed by atoms with Crippen molar-refractivity contribution in [2.75, 3.05) is 6.61 Å². The zero-order chi connectivity index (χ0) is 22.7. The molecule has 10 atom stereocenters. The molecular formula is C25H32FNO5. The number of hydrogen-bond acceptors (Lipinski definition) is 6. The first-order valence-corrected chi connectivity index (χ1v) is 12.1. The van der Waals surface area contributed by atoms with Crippen molar-refractivity contribution in [3.05, 3.63) is 11.6 Å². The van der Waals surface area contributed by atoms with Gasteiger partial charge in [-0.2, -0.15) is 5.26 Å². The third-order valence-electron chi connectivity index (χ3n) is 10.4. The van der Waals surface area contributed by atoms with Gasteiger partial charge in [-0.15, -0.1) is 0 Å². The molecule has 0 spiro atoms. The van der Waals surface area contributed by atoms with Crippen LogP contribution in [0.2, 0.25) is 0 Å². The summed E-state index contributed by atoms with van der Waals surface area (Å²) in [5.74, 6) is -0.446. The van der Waals surface area contributed by atoms with Crippen molar-refractivity contribution in [2.45, 2.75) is 101 Å². The van der Waals surface area contributed by atoms with Crippen LogP contribution in [0.5, 0.6) is 0 Å². The number of epoxide rings is 1. The fourth-order valence-corrected chi connectivity index (χ4v) is 8.76. The van der Waals surface area contributed by atoms with Crippen molar-refractivity contribution in [1.82, 2.24) is 0 Å². The highest BCUT2D eigenvalue weighted by atomic mass is 19.1. The first-order chi connectivity index (χ1) is 15.1. The molecule has 2 saturated heterocycles. The molecule has 32 heavy (non-hydrogen) atoms. The maximum atomic E-state index is 17.3. The van der Waals surface area contributed by atoms with Crippen molar-refractivity contribution in [1.29, 1.82) is 5.26 Å². The van der Waals surface area contributed by atoms with Gasteiger partial charge in [0.25, 0.3) is 0 Å². The van der Waals surface area contributed by atoms with Gasteiger partial charge in [-0.3, -0.25) is 4.79 Å². The van der Waals surface area contributed by atoms with Crippen LogP contribution in [0.3, 0.4) is 0 Å². The number of halogens is 1. The Morgan fingerprint density at radius 2 is 2.06 bits per heavy atom. The first-order valence-electron chi connectivity index (χ1n) is 12.1. The van der Waals surface area contributed by atoms with E-state index in [4.69, 9.17) is 14.2 Å². The number of fused-ring (bicyclic) bond motifs is 7. The van der Waals surface area contributed by atoms with E-state index in [1.54, 1.807) is 6.08 Å². The Bertz CT molecular complexity index is 956. The van der Waals surface area contributed by atoms with Crippen molar-refractivity contribution in [3.8, 4) is 6.07 Å². The fraction of sp³-hybridized carbons (Fsp3) is 0.840. The Kier molecular flexibility index (Phi) is 4.12. The average molecular weight is 446 g/mol. The highest BCUT2D eigenvalue weighted by Crippen LogP contribution is 2.75. The van der Waals surface area contributed by atoms with E-state index < -0.39 is 46.0 Å². The third kappa shape index (κ3) is 2.08. The number of rotatable bonds is 2. The van der Waals surface area contributed by atoms with Crippen LogP contribution in [0, 0.1) is 34.0 Å². The van der Waals surface area contributed by atoms with Gasteiger partial charge >= 0.3 is 0 Å². The minimum absolute atomic E-state index is 0.0539. The summed E-state index contributed by atoms with van der Waals surface area (Å²) in [6.07, 6.45) is 3.03. The molecule has 2 unspecified atom stereocenters. The SMILES string of the molecule is CCC1O[C@@H]2C[C@H]3[C@@H]4CCC5=CC(=O)CC[C@]5(C)[C@@]4(F)[C@@H](O)C[C@]3(C)[C@]2(C2(C#N)CO2)O1. The fourth-order valence-electron chi connectivity index (χ4n) is 8.76. The molecule has 3 saturated carbocycles. The lowest BCUT2D eigenvalue weighted by Gasteiger charge is -2.64. The Labute approximate surface area is 188 Å². The van der Waals surface area contributed by atoms with Crippen molar-refractivity contribution < 1.29 is 28.5 Å². The van der Waals surface area contributed by atoms with Crippen LogP contribution < -0.4 is 0 Å². The molecular weight excluding hydrogens is 413 g/mol. The molecule has 0 aromatic rings. The molecule has 6 rings (SSSR count). The summed E-state index contributed by atoms with van der Waals surface area (Å²) in [4.78, 5) is 12.1. The standard InChI is InChI=1S/C25H32FNO5/c1-4-20-31-19-10-17-16-6-5-14-9-15(28)7-8-21(14,2)24(16,26)18(29)11-22(17,3)25(19,32-20)23(12-27)13-30-23/h9,16-20,29H,4-8,10-11,13H2,1-3H3/t16-,17-,18-,19+,20?,21-,22-,23?,24-,25+/m0/s1. The maximum absolute atomic E-state index is 17.3. The molecule has 0 bridgehead atoms. The minimum Gasteiger partial charge on any atom is -0.390 e. The van der Waals surface area contributed by atoms with Gasteiger partial charge in [-0.1, -0.05) is 26.3 Å². The molecule has 5 fully saturated rings. The predicted octanol–water partition coefficient (Wildman–Crippen LogP) is 3.37. The topological polar surface area (TPSA) is 92.1 Å². The number of aliphatic hydroxyl groups excluding tert-OH is 1. The van der Waals surface area contributed by atoms with E-state index in [1.807, 2.05) is 13.8 Å². The van der Waals surface area contributed by atoms with Gasteiger partial charge in [0, 0.05) is 23.2 Å². The molecule has 2 heterocycles. The zero-order valence-corrected chi connectivity index (χ0v) is 19.0. The number of carbonyl (C=O) groups is 1. The second kappa shape index (κ2) is 6.21. The molecule has 0 radical (unpaired) electrons. The monoisotopic (exact) mass is 445 g/mol. The predicted molar refractivity (Wildman–Crippen MR) is 111 cm³/mol. The number of nitriles is 1. The lowest BCUT2D eigenvalue weighted by atomic mass is 9.43. The van der Waals surface area contributed by atoms with Gasteiger partial charge in [0.15, 0.2) is 12.1 Å². The van der Waals surface area contributed by atoms with Crippen LogP contribution in [0.25, 0.3) is 0 Å². The van der Waals surface area contributed by atoms with E-state index in [-0.39, 0.29) is 30.8 Å². The van der Waals surface area contributed by atoms with Gasteiger partial charge in [-0.25, -0.2) is 4.39 Å². The van der Waals surface area contributed by atoms with Crippen LogP contribution in [0.1, 0.15) is 65.7 Å². The van der Waals surface area contributed by atoms with Gasteiger partial charge in [0.05, 0.1) is 18.8 Å². The Morgan fingerprint density at radius 3 is 2.72 bits per heavy atom. The average Bonchev–Trinajstić information content (AvgIpc) is 3.41. The highest BCUT2D eigenvalue weighted by Gasteiger charge is 2.85. The second-order valence-electron chi connectivity index (χ2n) is 11.4. The number of alkyl halides is 1. The summed E-state index contributed by atoms with van der Waals surface area (Å²) in [5, 5.41) is 21.7. The molecule has 0 aromatic heterocycles. The lowest BCUT2D eigenvalue weighted by Crippen LogP contribution is -2.71. The van der Waals surface area contributed by atoms with E-state index in [9.17, 15) is 15.2 Å². The van der Waals surface area contributed by atoms with Crippen molar-refractivity contribution in [3.63, 3.8) is 0 Å². The zero-order valence-electron chi connectivity index (χ0n) is 19.0. The normalized spacial score (nSPS) is 58.2. The smallest absolute Gasteiger partial charge is 0.209 e. The molecule has 6 aliphatic rings. The Balaban J connectivity index is 1.47. The number of nitrogens with zero attached hydrogens (tertiary/aromatic N) is 1. The van der Waals surface area contributed by atoms with Crippen LogP contribution >= 0.6 is 0 Å².